The van der Waals surface area contributed by atoms with Crippen LogP contribution in [0.25, 0.3) is 0 Å². The molecule has 6 heteroatoms. The average molecular weight is 237 g/mol. The lowest BCUT2D eigenvalue weighted by Gasteiger charge is -2.22. The molecule has 0 atom stereocenters. The monoisotopic (exact) mass is 237 g/mol. The molecule has 1 saturated heterocycles. The molecule has 0 saturated carbocycles. The van der Waals surface area contributed by atoms with Crippen molar-refractivity contribution < 1.29 is 9.66 Å². The Balaban J connectivity index is 1.84. The molecule has 1 aliphatic heterocycles. The molecule has 0 amide bonds. The molecule has 0 aliphatic carbocycles. The molecule has 0 unspecified atom stereocenters. The first-order chi connectivity index (χ1) is 8.25. The lowest BCUT2D eigenvalue weighted by atomic mass is 9.99. The van der Waals surface area contributed by atoms with Crippen molar-refractivity contribution in [3.05, 3.63) is 28.4 Å². The number of pyridine rings is 1. The summed E-state index contributed by atoms with van der Waals surface area (Å²) in [5, 5.41) is 13.7. The van der Waals surface area contributed by atoms with Crippen LogP contribution in [0.1, 0.15) is 12.8 Å². The standard InChI is InChI=1S/C11H15N3O3/c15-14(16)10-1-2-11(13-7-10)17-8-9-3-5-12-6-4-9/h1-2,7,9,12H,3-6,8H2. The highest BCUT2D eigenvalue weighted by Gasteiger charge is 2.14. The van der Waals surface area contributed by atoms with Crippen LogP contribution in [0.4, 0.5) is 5.69 Å². The smallest absolute Gasteiger partial charge is 0.287 e. The molecule has 1 fully saturated rings. The third-order valence-corrected chi connectivity index (χ3v) is 2.86. The highest BCUT2D eigenvalue weighted by molar-refractivity contribution is 5.28. The summed E-state index contributed by atoms with van der Waals surface area (Å²) in [6.45, 7) is 2.69. The molecule has 6 nitrogen and oxygen atoms in total. The molecule has 2 heterocycles. The van der Waals surface area contributed by atoms with Crippen LogP contribution in [0.3, 0.4) is 0 Å². The van der Waals surface area contributed by atoms with Gasteiger partial charge in [-0.15, -0.1) is 0 Å². The van der Waals surface area contributed by atoms with E-state index in [4.69, 9.17) is 4.74 Å². The number of nitrogens with zero attached hydrogens (tertiary/aromatic N) is 2. The lowest BCUT2D eigenvalue weighted by molar-refractivity contribution is -0.385. The predicted octanol–water partition coefficient (Wildman–Crippen LogP) is 1.37. The van der Waals surface area contributed by atoms with Gasteiger partial charge in [0.2, 0.25) is 5.88 Å². The van der Waals surface area contributed by atoms with Gasteiger partial charge in [0.05, 0.1) is 11.5 Å². The average Bonchev–Trinajstić information content (AvgIpc) is 2.38. The normalized spacial score (nSPS) is 16.7. The van der Waals surface area contributed by atoms with Crippen molar-refractivity contribution in [1.82, 2.24) is 10.3 Å². The first-order valence-corrected chi connectivity index (χ1v) is 5.69. The Labute approximate surface area is 99.2 Å². The molecule has 1 N–H and O–H groups in total. The van der Waals surface area contributed by atoms with Gasteiger partial charge in [-0.05, 0) is 31.8 Å². The molecule has 0 bridgehead atoms. The Bertz CT molecular complexity index is 374. The van der Waals surface area contributed by atoms with Crippen LogP contribution in [0.2, 0.25) is 0 Å². The van der Waals surface area contributed by atoms with Crippen LogP contribution in [-0.2, 0) is 0 Å². The maximum absolute atomic E-state index is 10.4. The quantitative estimate of drug-likeness (QED) is 0.632. The zero-order chi connectivity index (χ0) is 12.1. The summed E-state index contributed by atoms with van der Waals surface area (Å²) >= 11 is 0. The summed E-state index contributed by atoms with van der Waals surface area (Å²) in [5.41, 5.74) is -0.0146. The number of hydrogen-bond acceptors (Lipinski definition) is 5. The van der Waals surface area contributed by atoms with Crippen molar-refractivity contribution >= 4 is 5.69 Å². The molecule has 1 aromatic heterocycles. The fourth-order valence-corrected chi connectivity index (χ4v) is 1.82. The van der Waals surface area contributed by atoms with E-state index >= 15 is 0 Å². The lowest BCUT2D eigenvalue weighted by Crippen LogP contribution is -2.30. The Morgan fingerprint density at radius 2 is 2.24 bits per heavy atom. The molecule has 1 aromatic rings. The van der Waals surface area contributed by atoms with E-state index in [2.05, 4.69) is 10.3 Å². The van der Waals surface area contributed by atoms with E-state index in [9.17, 15) is 10.1 Å². The van der Waals surface area contributed by atoms with E-state index < -0.39 is 4.92 Å². The van der Waals surface area contributed by atoms with Crippen molar-refractivity contribution in [2.45, 2.75) is 12.8 Å². The van der Waals surface area contributed by atoms with Gasteiger partial charge in [0, 0.05) is 12.1 Å². The molecule has 0 spiro atoms. The SMILES string of the molecule is O=[N+]([O-])c1ccc(OCC2CCNCC2)nc1. The highest BCUT2D eigenvalue weighted by Crippen LogP contribution is 2.16. The number of aromatic nitrogens is 1. The second-order valence-electron chi connectivity index (χ2n) is 4.12. The molecular formula is C11H15N3O3. The molecular weight excluding hydrogens is 222 g/mol. The van der Waals surface area contributed by atoms with Crippen molar-refractivity contribution in [3.63, 3.8) is 0 Å². The van der Waals surface area contributed by atoms with E-state index in [1.807, 2.05) is 0 Å². The molecule has 2 rings (SSSR count). The van der Waals surface area contributed by atoms with Crippen molar-refractivity contribution in [3.8, 4) is 5.88 Å². The third kappa shape index (κ3) is 3.39. The molecule has 17 heavy (non-hydrogen) atoms. The van der Waals surface area contributed by atoms with E-state index in [-0.39, 0.29) is 5.69 Å². The van der Waals surface area contributed by atoms with Gasteiger partial charge in [-0.3, -0.25) is 10.1 Å². The van der Waals surface area contributed by atoms with Crippen LogP contribution in [-0.4, -0.2) is 29.6 Å². The van der Waals surface area contributed by atoms with Crippen molar-refractivity contribution in [2.24, 2.45) is 5.92 Å². The Morgan fingerprint density at radius 1 is 1.47 bits per heavy atom. The third-order valence-electron chi connectivity index (χ3n) is 2.86. The Morgan fingerprint density at radius 3 is 2.82 bits per heavy atom. The van der Waals surface area contributed by atoms with Crippen LogP contribution in [0.5, 0.6) is 5.88 Å². The van der Waals surface area contributed by atoms with Gasteiger partial charge in [-0.25, -0.2) is 4.98 Å². The highest BCUT2D eigenvalue weighted by atomic mass is 16.6. The van der Waals surface area contributed by atoms with E-state index in [0.29, 0.717) is 18.4 Å². The maximum atomic E-state index is 10.4. The number of rotatable bonds is 4. The predicted molar refractivity (Wildman–Crippen MR) is 62.0 cm³/mol. The topological polar surface area (TPSA) is 77.3 Å². The first-order valence-electron chi connectivity index (χ1n) is 5.69. The van der Waals surface area contributed by atoms with E-state index in [0.717, 1.165) is 25.9 Å². The van der Waals surface area contributed by atoms with Crippen molar-refractivity contribution in [1.29, 1.82) is 0 Å². The van der Waals surface area contributed by atoms with Crippen LogP contribution >= 0.6 is 0 Å². The zero-order valence-electron chi connectivity index (χ0n) is 9.46. The minimum Gasteiger partial charge on any atom is -0.477 e. The number of piperidine rings is 1. The fraction of sp³-hybridized carbons (Fsp3) is 0.545. The molecule has 1 aliphatic rings. The van der Waals surface area contributed by atoms with Crippen LogP contribution in [0, 0.1) is 16.0 Å². The fourth-order valence-electron chi connectivity index (χ4n) is 1.82. The summed E-state index contributed by atoms with van der Waals surface area (Å²) in [5.74, 6) is 1.00. The minimum atomic E-state index is -0.469. The summed E-state index contributed by atoms with van der Waals surface area (Å²) in [6, 6.07) is 2.95. The zero-order valence-corrected chi connectivity index (χ0v) is 9.46. The van der Waals surface area contributed by atoms with Gasteiger partial charge in [-0.2, -0.15) is 0 Å². The number of nitrogens with one attached hydrogen (secondary N) is 1. The van der Waals surface area contributed by atoms with E-state index in [1.165, 1.54) is 12.3 Å². The molecule has 92 valence electrons. The van der Waals surface area contributed by atoms with Crippen LogP contribution in [0.15, 0.2) is 18.3 Å². The minimum absolute atomic E-state index is 0.0146. The van der Waals surface area contributed by atoms with Gasteiger partial charge < -0.3 is 10.1 Å². The molecule has 0 aromatic carbocycles. The second kappa shape index (κ2) is 5.58. The van der Waals surface area contributed by atoms with Crippen LogP contribution < -0.4 is 10.1 Å². The Kier molecular flexibility index (Phi) is 3.87. The number of ether oxygens (including phenoxy) is 1. The summed E-state index contributed by atoms with van der Waals surface area (Å²) in [7, 11) is 0. The summed E-state index contributed by atoms with van der Waals surface area (Å²) < 4.78 is 5.52. The van der Waals surface area contributed by atoms with Gasteiger partial charge in [0.25, 0.3) is 5.69 Å². The summed E-state index contributed by atoms with van der Waals surface area (Å²) in [4.78, 5) is 13.9. The van der Waals surface area contributed by atoms with E-state index in [1.54, 1.807) is 6.07 Å². The first kappa shape index (κ1) is 11.8. The van der Waals surface area contributed by atoms with Gasteiger partial charge in [0.15, 0.2) is 0 Å². The maximum Gasteiger partial charge on any atom is 0.287 e. The largest absolute Gasteiger partial charge is 0.477 e. The van der Waals surface area contributed by atoms with Crippen molar-refractivity contribution in [2.75, 3.05) is 19.7 Å². The molecule has 0 radical (unpaired) electrons. The number of nitro groups is 1. The second-order valence-corrected chi connectivity index (χ2v) is 4.12. The number of hydrogen-bond donors (Lipinski definition) is 1. The van der Waals surface area contributed by atoms with Gasteiger partial charge in [-0.1, -0.05) is 0 Å². The Hall–Kier alpha value is -1.69. The van der Waals surface area contributed by atoms with Gasteiger partial charge in [0.1, 0.15) is 6.20 Å². The van der Waals surface area contributed by atoms with Gasteiger partial charge >= 0.3 is 0 Å². The summed E-state index contributed by atoms with van der Waals surface area (Å²) in [6.07, 6.45) is 3.43.